The van der Waals surface area contributed by atoms with Crippen LogP contribution in [-0.4, -0.2) is 117 Å². The molecular formula is C33H52KN3O13S2. The van der Waals surface area contributed by atoms with Crippen molar-refractivity contribution in [1.82, 2.24) is 5.32 Å². The second kappa shape index (κ2) is 21.1. The van der Waals surface area contributed by atoms with Crippen molar-refractivity contribution in [3.8, 4) is 0 Å². The number of aliphatic hydroxyl groups is 4. The summed E-state index contributed by atoms with van der Waals surface area (Å²) in [5, 5.41) is 45.4. The van der Waals surface area contributed by atoms with Gasteiger partial charge < -0.3 is 50.7 Å². The number of fused-ring (bicyclic) bond motifs is 1. The van der Waals surface area contributed by atoms with E-state index in [4.69, 9.17) is 9.84 Å². The summed E-state index contributed by atoms with van der Waals surface area (Å²) >= 11 is 0. The number of anilines is 2. The Labute approximate surface area is 348 Å². The SMILES string of the molecule is CCCC[C@]1(CC)CS(=O)(=O)c2ccc(N(C)C)cc2[C@@H](c2cccc(NC(=O)N[C@@H]3O[C@H](COS(=O)(=O)[O-])C[C@H](O)[C@H]3O)c2)[C@H]1O.CCO.O.[K+]. The number of hydrogen-bond donors (Lipinski definition) is 6. The molecule has 2 amide bonds. The normalized spacial score (nSPS) is 26.5. The van der Waals surface area contributed by atoms with Crippen LogP contribution in [0.4, 0.5) is 16.2 Å². The first-order valence-electron chi connectivity index (χ1n) is 16.5. The second-order valence-electron chi connectivity index (χ2n) is 12.8. The van der Waals surface area contributed by atoms with E-state index in [1.165, 1.54) is 0 Å². The van der Waals surface area contributed by atoms with Gasteiger partial charge in [-0.2, -0.15) is 0 Å². The number of sulfone groups is 1. The number of urea groups is 1. The Kier molecular flexibility index (Phi) is 19.8. The van der Waals surface area contributed by atoms with Crippen LogP contribution in [0.2, 0.25) is 0 Å². The molecule has 0 radical (unpaired) electrons. The number of nitrogens with one attached hydrogen (secondary N) is 2. The third-order valence-corrected chi connectivity index (χ3v) is 11.5. The van der Waals surface area contributed by atoms with Gasteiger partial charge in [-0.3, -0.25) is 4.18 Å². The van der Waals surface area contributed by atoms with Crippen LogP contribution in [0.1, 0.15) is 69.9 Å². The number of carbonyl (C=O) groups is 1. The number of carbonyl (C=O) groups excluding carboxylic acids is 1. The number of hydrogen-bond acceptors (Lipinski definition) is 13. The van der Waals surface area contributed by atoms with Gasteiger partial charge >= 0.3 is 57.4 Å². The molecule has 0 saturated carbocycles. The van der Waals surface area contributed by atoms with Gasteiger partial charge in [0.05, 0.1) is 35.6 Å². The fourth-order valence-electron chi connectivity index (χ4n) is 6.45. The van der Waals surface area contributed by atoms with Crippen LogP contribution in [0.25, 0.3) is 0 Å². The fraction of sp³-hybridized carbons (Fsp3) is 0.606. The van der Waals surface area contributed by atoms with Gasteiger partial charge in [0, 0.05) is 49.8 Å². The maximum absolute atomic E-state index is 13.9. The molecule has 0 bridgehead atoms. The minimum absolute atomic E-state index is 0. The summed E-state index contributed by atoms with van der Waals surface area (Å²) in [4.78, 5) is 15.0. The summed E-state index contributed by atoms with van der Waals surface area (Å²) < 4.78 is 70.0. The molecule has 7 atom stereocenters. The molecule has 0 aromatic heterocycles. The number of amides is 2. The van der Waals surface area contributed by atoms with E-state index in [1.807, 2.05) is 32.8 Å². The van der Waals surface area contributed by atoms with Gasteiger partial charge in [-0.15, -0.1) is 0 Å². The quantitative estimate of drug-likeness (QED) is 0.0836. The molecule has 0 spiro atoms. The number of rotatable bonds is 11. The van der Waals surface area contributed by atoms with Crippen LogP contribution in [0, 0.1) is 5.41 Å². The average Bonchev–Trinajstić information content (AvgIpc) is 3.11. The van der Waals surface area contributed by atoms with Gasteiger partial charge in [0.15, 0.2) is 16.1 Å². The van der Waals surface area contributed by atoms with Crippen LogP contribution in [0.3, 0.4) is 0 Å². The molecule has 2 heterocycles. The van der Waals surface area contributed by atoms with E-state index in [0.717, 1.165) is 18.5 Å². The number of nitrogens with zero attached hydrogens (tertiary/aromatic N) is 1. The summed E-state index contributed by atoms with van der Waals surface area (Å²) in [5.41, 5.74) is 1.13. The number of ether oxygens (including phenoxy) is 1. The van der Waals surface area contributed by atoms with Crippen LogP contribution in [0.5, 0.6) is 0 Å². The molecule has 52 heavy (non-hydrogen) atoms. The Bertz CT molecular complexity index is 1670. The number of aliphatic hydroxyl groups excluding tert-OH is 4. The Morgan fingerprint density at radius 1 is 1.12 bits per heavy atom. The number of benzene rings is 2. The van der Waals surface area contributed by atoms with Gasteiger partial charge in [0.2, 0.25) is 10.4 Å². The summed E-state index contributed by atoms with van der Waals surface area (Å²) in [7, 11) is -5.14. The van der Waals surface area contributed by atoms with Crippen molar-refractivity contribution in [2.45, 2.75) is 94.3 Å². The van der Waals surface area contributed by atoms with Crippen molar-refractivity contribution in [1.29, 1.82) is 0 Å². The van der Waals surface area contributed by atoms with Crippen molar-refractivity contribution in [2.24, 2.45) is 5.41 Å². The third kappa shape index (κ3) is 12.6. The Morgan fingerprint density at radius 2 is 1.77 bits per heavy atom. The molecule has 8 N–H and O–H groups in total. The molecule has 16 nitrogen and oxygen atoms in total. The predicted molar refractivity (Wildman–Crippen MR) is 189 cm³/mol. The van der Waals surface area contributed by atoms with Crippen LogP contribution in [-0.2, 0) is 29.2 Å². The summed E-state index contributed by atoms with van der Waals surface area (Å²) in [6.07, 6.45) is -4.39. The largest absolute Gasteiger partial charge is 1.00 e. The molecule has 0 unspecified atom stereocenters. The zero-order valence-electron chi connectivity index (χ0n) is 30.5. The van der Waals surface area contributed by atoms with Crippen LogP contribution in [0.15, 0.2) is 47.4 Å². The fourth-order valence-corrected chi connectivity index (χ4v) is 9.02. The van der Waals surface area contributed by atoms with Gasteiger partial charge in [-0.05, 0) is 61.2 Å². The molecule has 2 aliphatic heterocycles. The Balaban J connectivity index is 0.00000261. The molecule has 290 valence electrons. The standard InChI is InChI=1S/C31H45N3O11S2.C2H6O.K.H2O/c1-5-7-13-31(6-2)18-46(39,40)25-12-11-21(34(3)4)15-23(25)26(28(31)37)19-9-8-10-20(14-19)32-30(38)33-29-27(36)24(35)16-22(45-29)17-44-47(41,42)43;1-2-3;;/h8-12,14-15,22,24,26-29,35-37H,5-7,13,16-18H2,1-4H3,(H2,32,33,38)(H,41,42,43);3H,2H2,1H3;;1H2/q;;+1;/p-1/t22-,24-,26+,27+,28+,29+,31+;;;/m0.../s1. The van der Waals surface area contributed by atoms with Gasteiger partial charge in [-0.1, -0.05) is 38.8 Å². The molecule has 4 rings (SSSR count). The zero-order chi connectivity index (χ0) is 37.4. The third-order valence-electron chi connectivity index (χ3n) is 9.06. The van der Waals surface area contributed by atoms with E-state index in [9.17, 15) is 41.5 Å². The topological polar surface area (TPSA) is 267 Å². The molecule has 2 aromatic rings. The molecule has 19 heteroatoms. The van der Waals surface area contributed by atoms with Crippen molar-refractivity contribution in [3.05, 3.63) is 53.6 Å². The molecule has 1 saturated heterocycles. The zero-order valence-corrected chi connectivity index (χ0v) is 35.2. The maximum atomic E-state index is 13.9. The minimum Gasteiger partial charge on any atom is -0.726 e. The van der Waals surface area contributed by atoms with E-state index in [-0.39, 0.29) is 86.2 Å². The molecule has 1 fully saturated rings. The number of unbranched alkanes of at least 4 members (excludes halogenated alkanes) is 1. The van der Waals surface area contributed by atoms with Crippen molar-refractivity contribution in [2.75, 3.05) is 43.3 Å². The van der Waals surface area contributed by atoms with Crippen molar-refractivity contribution >= 4 is 37.6 Å². The minimum atomic E-state index is -5.03. The van der Waals surface area contributed by atoms with Crippen molar-refractivity contribution < 1.29 is 112 Å². The first kappa shape index (κ1) is 48.7. The van der Waals surface area contributed by atoms with E-state index in [1.54, 1.807) is 49.4 Å². The Hall–Kier alpha value is -1.27. The van der Waals surface area contributed by atoms with Gasteiger partial charge in [-0.25, -0.2) is 21.6 Å². The smallest absolute Gasteiger partial charge is 0.726 e. The molecule has 0 aliphatic carbocycles. The maximum Gasteiger partial charge on any atom is 1.00 e. The monoisotopic (exact) mass is 801 g/mol. The summed E-state index contributed by atoms with van der Waals surface area (Å²) in [6.45, 7) is 5.12. The van der Waals surface area contributed by atoms with Crippen LogP contribution >= 0.6 is 0 Å². The van der Waals surface area contributed by atoms with E-state index >= 15 is 0 Å². The van der Waals surface area contributed by atoms with Crippen LogP contribution < -0.4 is 66.9 Å². The first-order valence-corrected chi connectivity index (χ1v) is 19.5. The van der Waals surface area contributed by atoms with E-state index < -0.39 is 74.9 Å². The van der Waals surface area contributed by atoms with E-state index in [0.29, 0.717) is 24.0 Å². The predicted octanol–water partition coefficient (Wildman–Crippen LogP) is -1.77. The molecule has 2 aliphatic rings. The first-order chi connectivity index (χ1) is 23.4. The van der Waals surface area contributed by atoms with E-state index in [2.05, 4.69) is 14.8 Å². The van der Waals surface area contributed by atoms with Gasteiger partial charge in [0.1, 0.15) is 6.10 Å². The van der Waals surface area contributed by atoms with Crippen molar-refractivity contribution in [3.63, 3.8) is 0 Å². The molecular weight excluding hydrogens is 750 g/mol. The Morgan fingerprint density at radius 3 is 2.35 bits per heavy atom. The summed E-state index contributed by atoms with van der Waals surface area (Å²) in [5.74, 6) is -0.967. The second-order valence-corrected chi connectivity index (χ2v) is 15.8. The average molecular weight is 802 g/mol. The summed E-state index contributed by atoms with van der Waals surface area (Å²) in [6, 6.07) is 10.9. The molecule has 2 aromatic carbocycles. The van der Waals surface area contributed by atoms with Gasteiger partial charge in [0.25, 0.3) is 0 Å².